The molecule has 1 aromatic rings. The van der Waals surface area contributed by atoms with Gasteiger partial charge in [-0.05, 0) is 39.1 Å². The highest BCUT2D eigenvalue weighted by molar-refractivity contribution is 7.89. The van der Waals surface area contributed by atoms with E-state index in [0.29, 0.717) is 22.9 Å². The zero-order chi connectivity index (χ0) is 15.2. The Balaban J connectivity index is 2.39. The smallest absolute Gasteiger partial charge is 0.244 e. The van der Waals surface area contributed by atoms with Gasteiger partial charge in [-0.2, -0.15) is 4.31 Å². The lowest BCUT2D eigenvalue weighted by Gasteiger charge is -2.46. The quantitative estimate of drug-likeness (QED) is 0.796. The van der Waals surface area contributed by atoms with Crippen LogP contribution in [-0.2, 0) is 20.6 Å². The van der Waals surface area contributed by atoms with E-state index in [1.54, 1.807) is 11.4 Å². The zero-order valence-electron chi connectivity index (χ0n) is 12.1. The lowest BCUT2D eigenvalue weighted by Crippen LogP contribution is -2.58. The van der Waals surface area contributed by atoms with Crippen molar-refractivity contribution >= 4 is 33.0 Å². The van der Waals surface area contributed by atoms with Crippen LogP contribution in [0.5, 0.6) is 0 Å². The van der Waals surface area contributed by atoms with Gasteiger partial charge in [0.2, 0.25) is 10.0 Å². The van der Waals surface area contributed by atoms with Crippen molar-refractivity contribution in [3.63, 3.8) is 0 Å². The fraction of sp³-hybridized carbons (Fsp3) is 0.692. The van der Waals surface area contributed by atoms with Crippen LogP contribution >= 0.6 is 22.9 Å². The van der Waals surface area contributed by atoms with Crippen molar-refractivity contribution < 1.29 is 13.2 Å². The van der Waals surface area contributed by atoms with E-state index in [1.165, 1.54) is 15.6 Å². The van der Waals surface area contributed by atoms with Crippen LogP contribution in [0.1, 0.15) is 32.6 Å². The molecule has 0 radical (unpaired) electrons. The number of ether oxygens (including phenoxy) is 1. The maximum atomic E-state index is 12.8. The molecular formula is C13H20ClNO3S2. The summed E-state index contributed by atoms with van der Waals surface area (Å²) in [4.78, 5) is 1.01. The van der Waals surface area contributed by atoms with Gasteiger partial charge in [0, 0.05) is 18.0 Å². The van der Waals surface area contributed by atoms with Crippen molar-refractivity contribution in [2.75, 3.05) is 13.1 Å². The van der Waals surface area contributed by atoms with Crippen molar-refractivity contribution in [3.05, 3.63) is 16.3 Å². The van der Waals surface area contributed by atoms with Crippen LogP contribution in [0.25, 0.3) is 0 Å². The molecule has 20 heavy (non-hydrogen) atoms. The van der Waals surface area contributed by atoms with Crippen molar-refractivity contribution in [2.45, 2.75) is 49.7 Å². The molecular weight excluding hydrogens is 318 g/mol. The number of hydrogen-bond donors (Lipinski definition) is 0. The summed E-state index contributed by atoms with van der Waals surface area (Å²) in [5.41, 5.74) is -1.02. The molecule has 0 aliphatic carbocycles. The van der Waals surface area contributed by atoms with Crippen molar-refractivity contribution in [1.29, 1.82) is 0 Å². The summed E-state index contributed by atoms with van der Waals surface area (Å²) in [5.74, 6) is 0.212. The summed E-state index contributed by atoms with van der Waals surface area (Å²) in [6, 6.07) is 1.63. The SMILES string of the molecule is CC1(C)CN(S(=O)(=O)c2ccsc2CCl)CC(C)(C)O1. The molecule has 7 heteroatoms. The van der Waals surface area contributed by atoms with Crippen LogP contribution in [0.2, 0.25) is 0 Å². The van der Waals surface area contributed by atoms with E-state index >= 15 is 0 Å². The highest BCUT2D eigenvalue weighted by atomic mass is 35.5. The van der Waals surface area contributed by atoms with E-state index in [2.05, 4.69) is 0 Å². The number of morpholine rings is 1. The Kier molecular flexibility index (Phi) is 4.26. The summed E-state index contributed by atoms with van der Waals surface area (Å²) in [7, 11) is -3.52. The Morgan fingerprint density at radius 1 is 1.30 bits per heavy atom. The third kappa shape index (κ3) is 3.20. The van der Waals surface area contributed by atoms with Gasteiger partial charge in [-0.25, -0.2) is 8.42 Å². The molecule has 0 amide bonds. The highest BCUT2D eigenvalue weighted by Crippen LogP contribution is 2.34. The lowest BCUT2D eigenvalue weighted by atomic mass is 10.0. The first-order valence-corrected chi connectivity index (χ1v) is 9.25. The zero-order valence-corrected chi connectivity index (χ0v) is 14.5. The number of rotatable bonds is 3. The summed E-state index contributed by atoms with van der Waals surface area (Å²) in [6.07, 6.45) is 0. The number of hydrogen-bond acceptors (Lipinski definition) is 4. The van der Waals surface area contributed by atoms with Crippen LogP contribution in [0.15, 0.2) is 16.3 Å². The van der Waals surface area contributed by atoms with Crippen molar-refractivity contribution in [1.82, 2.24) is 4.31 Å². The van der Waals surface area contributed by atoms with Gasteiger partial charge in [0.05, 0.1) is 22.0 Å². The second kappa shape index (κ2) is 5.25. The van der Waals surface area contributed by atoms with Gasteiger partial charge in [-0.3, -0.25) is 0 Å². The molecule has 0 unspecified atom stereocenters. The van der Waals surface area contributed by atoms with Crippen LogP contribution in [-0.4, -0.2) is 37.0 Å². The maximum absolute atomic E-state index is 12.8. The molecule has 2 rings (SSSR count). The van der Waals surface area contributed by atoms with E-state index < -0.39 is 21.2 Å². The minimum atomic E-state index is -3.52. The van der Waals surface area contributed by atoms with Crippen LogP contribution in [0.4, 0.5) is 0 Å². The van der Waals surface area contributed by atoms with E-state index in [-0.39, 0.29) is 5.88 Å². The Bertz CT molecular complexity index is 577. The summed E-state index contributed by atoms with van der Waals surface area (Å²) < 4.78 is 33.1. The standard InChI is InChI=1S/C13H20ClNO3S2/c1-12(2)8-15(9-13(3,4)18-12)20(16,17)11-5-6-19-10(11)7-14/h5-6H,7-9H2,1-4H3. The molecule has 0 N–H and O–H groups in total. The molecule has 1 aromatic heterocycles. The molecule has 114 valence electrons. The Hall–Kier alpha value is -0.140. The number of sulfonamides is 1. The minimum Gasteiger partial charge on any atom is -0.367 e. The normalized spacial score (nSPS) is 22.9. The van der Waals surface area contributed by atoms with Gasteiger partial charge < -0.3 is 4.74 Å². The van der Waals surface area contributed by atoms with E-state index in [0.717, 1.165) is 0 Å². The molecule has 2 heterocycles. The molecule has 1 aliphatic heterocycles. The second-order valence-electron chi connectivity index (χ2n) is 6.24. The third-order valence-corrected chi connectivity index (χ3v) is 6.46. The molecule has 4 nitrogen and oxygen atoms in total. The fourth-order valence-electron chi connectivity index (χ4n) is 2.68. The Morgan fingerprint density at radius 2 is 1.85 bits per heavy atom. The Labute approximate surface area is 129 Å². The monoisotopic (exact) mass is 337 g/mol. The maximum Gasteiger partial charge on any atom is 0.244 e. The summed E-state index contributed by atoms with van der Waals surface area (Å²) in [6.45, 7) is 8.32. The average Bonchev–Trinajstić information content (AvgIpc) is 2.73. The summed E-state index contributed by atoms with van der Waals surface area (Å²) >= 11 is 7.20. The predicted molar refractivity (Wildman–Crippen MR) is 81.9 cm³/mol. The van der Waals surface area contributed by atoms with Gasteiger partial charge in [-0.15, -0.1) is 22.9 Å². The van der Waals surface area contributed by atoms with E-state index in [4.69, 9.17) is 16.3 Å². The van der Waals surface area contributed by atoms with Gasteiger partial charge >= 0.3 is 0 Å². The molecule has 1 aliphatic rings. The van der Waals surface area contributed by atoms with Crippen molar-refractivity contribution in [3.8, 4) is 0 Å². The van der Waals surface area contributed by atoms with E-state index in [9.17, 15) is 8.42 Å². The average molecular weight is 338 g/mol. The predicted octanol–water partition coefficient (Wildman–Crippen LogP) is 3.07. The van der Waals surface area contributed by atoms with Gasteiger partial charge in [-0.1, -0.05) is 0 Å². The lowest BCUT2D eigenvalue weighted by molar-refractivity contribution is -0.163. The topological polar surface area (TPSA) is 46.6 Å². The first kappa shape index (κ1) is 16.2. The second-order valence-corrected chi connectivity index (χ2v) is 9.41. The number of thiophene rings is 1. The molecule has 0 spiro atoms. The molecule has 0 saturated carbocycles. The molecule has 1 saturated heterocycles. The Morgan fingerprint density at radius 3 is 2.35 bits per heavy atom. The number of alkyl halides is 1. The summed E-state index contributed by atoms with van der Waals surface area (Å²) in [5, 5.41) is 1.77. The minimum absolute atomic E-state index is 0.212. The van der Waals surface area contributed by atoms with Crippen LogP contribution < -0.4 is 0 Å². The number of halogens is 1. The molecule has 1 fully saturated rings. The van der Waals surface area contributed by atoms with Gasteiger partial charge in [0.15, 0.2) is 0 Å². The van der Waals surface area contributed by atoms with Crippen LogP contribution in [0, 0.1) is 0 Å². The fourth-order valence-corrected chi connectivity index (χ4v) is 6.10. The van der Waals surface area contributed by atoms with E-state index in [1.807, 2.05) is 27.7 Å². The highest BCUT2D eigenvalue weighted by Gasteiger charge is 2.43. The number of nitrogens with zero attached hydrogens (tertiary/aromatic N) is 1. The van der Waals surface area contributed by atoms with Crippen LogP contribution in [0.3, 0.4) is 0 Å². The first-order valence-electron chi connectivity index (χ1n) is 6.40. The van der Waals surface area contributed by atoms with Crippen molar-refractivity contribution in [2.24, 2.45) is 0 Å². The van der Waals surface area contributed by atoms with Gasteiger partial charge in [0.25, 0.3) is 0 Å². The molecule has 0 atom stereocenters. The molecule has 0 bridgehead atoms. The molecule has 0 aromatic carbocycles. The third-order valence-electron chi connectivity index (χ3n) is 3.11. The largest absolute Gasteiger partial charge is 0.367 e. The first-order chi connectivity index (χ1) is 9.07. The van der Waals surface area contributed by atoms with Gasteiger partial charge in [0.1, 0.15) is 0 Å².